The molecule has 0 amide bonds. The number of morpholine rings is 1. The molecule has 1 N–H and O–H groups in total. The molecule has 6 heteroatoms. The number of rotatable bonds is 5. The van der Waals surface area contributed by atoms with E-state index in [1.807, 2.05) is 55.7 Å². The SMILES string of the molecule is Cc1cccc(Nc2ccc(C3CN(Cc4cccc5ncccc45)CCO3)nc2)n1. The van der Waals surface area contributed by atoms with Gasteiger partial charge in [0.2, 0.25) is 0 Å². The van der Waals surface area contributed by atoms with E-state index in [9.17, 15) is 0 Å². The number of pyridine rings is 3. The van der Waals surface area contributed by atoms with Crippen molar-refractivity contribution in [2.75, 3.05) is 25.0 Å². The first-order chi connectivity index (χ1) is 15.2. The number of hydrogen-bond donors (Lipinski definition) is 1. The maximum Gasteiger partial charge on any atom is 0.130 e. The molecule has 0 bridgehead atoms. The fourth-order valence-corrected chi connectivity index (χ4v) is 4.00. The predicted octanol–water partition coefficient (Wildman–Crippen LogP) is 4.65. The maximum absolute atomic E-state index is 6.04. The molecule has 3 aromatic heterocycles. The van der Waals surface area contributed by atoms with Gasteiger partial charge in [-0.2, -0.15) is 0 Å². The molecule has 0 spiro atoms. The van der Waals surface area contributed by atoms with Gasteiger partial charge in [-0.1, -0.05) is 24.3 Å². The van der Waals surface area contributed by atoms with Crippen molar-refractivity contribution in [1.82, 2.24) is 19.9 Å². The van der Waals surface area contributed by atoms with Crippen LogP contribution in [0, 0.1) is 6.92 Å². The Bertz CT molecular complexity index is 1170. The molecule has 31 heavy (non-hydrogen) atoms. The molecule has 1 atom stereocenters. The Labute approximate surface area is 181 Å². The molecule has 1 aromatic carbocycles. The van der Waals surface area contributed by atoms with E-state index in [-0.39, 0.29) is 6.10 Å². The molecule has 1 saturated heterocycles. The second-order valence-corrected chi connectivity index (χ2v) is 7.84. The molecule has 5 rings (SSSR count). The highest BCUT2D eigenvalue weighted by Gasteiger charge is 2.23. The largest absolute Gasteiger partial charge is 0.369 e. The number of aromatic nitrogens is 3. The minimum atomic E-state index is -0.0343. The van der Waals surface area contributed by atoms with Crippen LogP contribution in [0.15, 0.2) is 73.1 Å². The van der Waals surface area contributed by atoms with Crippen LogP contribution in [-0.2, 0) is 11.3 Å². The first kappa shape index (κ1) is 19.6. The van der Waals surface area contributed by atoms with Crippen molar-refractivity contribution in [2.45, 2.75) is 19.6 Å². The number of ether oxygens (including phenoxy) is 1. The van der Waals surface area contributed by atoms with Gasteiger partial charge in [0.05, 0.1) is 29.7 Å². The van der Waals surface area contributed by atoms with Gasteiger partial charge in [-0.3, -0.25) is 14.9 Å². The Hall–Kier alpha value is -3.35. The summed E-state index contributed by atoms with van der Waals surface area (Å²) in [7, 11) is 0. The van der Waals surface area contributed by atoms with Crippen molar-refractivity contribution in [1.29, 1.82) is 0 Å². The van der Waals surface area contributed by atoms with Gasteiger partial charge in [0, 0.05) is 36.9 Å². The molecule has 4 aromatic rings. The first-order valence-corrected chi connectivity index (χ1v) is 10.6. The Balaban J connectivity index is 1.27. The molecule has 0 saturated carbocycles. The van der Waals surface area contributed by atoms with Crippen molar-refractivity contribution < 1.29 is 4.74 Å². The second-order valence-electron chi connectivity index (χ2n) is 7.84. The molecule has 6 nitrogen and oxygen atoms in total. The Morgan fingerprint density at radius 1 is 1.03 bits per heavy atom. The minimum Gasteiger partial charge on any atom is -0.369 e. The summed E-state index contributed by atoms with van der Waals surface area (Å²) < 4.78 is 6.04. The van der Waals surface area contributed by atoms with Gasteiger partial charge in [-0.15, -0.1) is 0 Å². The topological polar surface area (TPSA) is 63.2 Å². The van der Waals surface area contributed by atoms with Crippen LogP contribution < -0.4 is 5.32 Å². The van der Waals surface area contributed by atoms with Gasteiger partial charge < -0.3 is 10.1 Å². The molecule has 1 aliphatic heterocycles. The molecular weight excluding hydrogens is 386 g/mol. The number of fused-ring (bicyclic) bond motifs is 1. The number of hydrogen-bond acceptors (Lipinski definition) is 6. The highest BCUT2D eigenvalue weighted by molar-refractivity contribution is 5.81. The maximum atomic E-state index is 6.04. The molecule has 156 valence electrons. The monoisotopic (exact) mass is 411 g/mol. The molecule has 1 fully saturated rings. The van der Waals surface area contributed by atoms with Gasteiger partial charge >= 0.3 is 0 Å². The lowest BCUT2D eigenvalue weighted by atomic mass is 10.1. The van der Waals surface area contributed by atoms with Gasteiger partial charge in [-0.05, 0) is 48.9 Å². The zero-order valence-electron chi connectivity index (χ0n) is 17.5. The van der Waals surface area contributed by atoms with Crippen molar-refractivity contribution in [3.05, 3.63) is 90.0 Å². The molecule has 1 aliphatic rings. The number of aryl methyl sites for hydroxylation is 1. The quantitative estimate of drug-likeness (QED) is 0.516. The Morgan fingerprint density at radius 2 is 1.97 bits per heavy atom. The van der Waals surface area contributed by atoms with Crippen LogP contribution in [0.25, 0.3) is 10.9 Å². The van der Waals surface area contributed by atoms with E-state index < -0.39 is 0 Å². The van der Waals surface area contributed by atoms with Gasteiger partial charge in [-0.25, -0.2) is 4.98 Å². The summed E-state index contributed by atoms with van der Waals surface area (Å²) >= 11 is 0. The van der Waals surface area contributed by atoms with Crippen molar-refractivity contribution >= 4 is 22.4 Å². The van der Waals surface area contributed by atoms with Crippen molar-refractivity contribution in [3.8, 4) is 0 Å². The number of nitrogens with one attached hydrogen (secondary N) is 1. The van der Waals surface area contributed by atoms with Crippen molar-refractivity contribution in [3.63, 3.8) is 0 Å². The van der Waals surface area contributed by atoms with Crippen molar-refractivity contribution in [2.24, 2.45) is 0 Å². The third kappa shape index (κ3) is 4.55. The smallest absolute Gasteiger partial charge is 0.130 e. The molecule has 1 unspecified atom stereocenters. The van der Waals surface area contributed by atoms with Crippen LogP contribution in [0.2, 0.25) is 0 Å². The van der Waals surface area contributed by atoms with Gasteiger partial charge in [0.1, 0.15) is 11.9 Å². The molecule has 0 aliphatic carbocycles. The minimum absolute atomic E-state index is 0.0343. The third-order valence-electron chi connectivity index (χ3n) is 5.56. The standard InChI is InChI=1S/C25H25N5O/c1-18-5-2-9-25(28-18)29-20-10-11-23(27-15-20)24-17-30(13-14-31-24)16-19-6-3-8-22-21(19)7-4-12-26-22/h2-12,15,24H,13-14,16-17H2,1H3,(H,28,29). The van der Waals surface area contributed by atoms with Crippen LogP contribution in [0.1, 0.15) is 23.1 Å². The van der Waals surface area contributed by atoms with E-state index in [0.29, 0.717) is 6.61 Å². The summed E-state index contributed by atoms with van der Waals surface area (Å²) in [4.78, 5) is 16.0. The summed E-state index contributed by atoms with van der Waals surface area (Å²) in [6.45, 7) is 5.28. The normalized spacial score (nSPS) is 17.0. The summed E-state index contributed by atoms with van der Waals surface area (Å²) in [5.74, 6) is 0.819. The zero-order chi connectivity index (χ0) is 21.0. The van der Waals surface area contributed by atoms with E-state index in [4.69, 9.17) is 4.74 Å². The van der Waals surface area contributed by atoms with Gasteiger partial charge in [0.25, 0.3) is 0 Å². The lowest BCUT2D eigenvalue weighted by Gasteiger charge is -2.33. The Morgan fingerprint density at radius 3 is 2.84 bits per heavy atom. The fraction of sp³-hybridized carbons (Fsp3) is 0.240. The van der Waals surface area contributed by atoms with E-state index in [2.05, 4.69) is 49.4 Å². The average molecular weight is 412 g/mol. The first-order valence-electron chi connectivity index (χ1n) is 10.6. The predicted molar refractivity (Wildman–Crippen MR) is 122 cm³/mol. The Kier molecular flexibility index (Phi) is 5.56. The highest BCUT2D eigenvalue weighted by Crippen LogP contribution is 2.25. The third-order valence-corrected chi connectivity index (χ3v) is 5.56. The lowest BCUT2D eigenvalue weighted by Crippen LogP contribution is -2.38. The summed E-state index contributed by atoms with van der Waals surface area (Å²) in [5.41, 5.74) is 5.18. The summed E-state index contributed by atoms with van der Waals surface area (Å²) in [6, 6.07) is 20.5. The molecule has 0 radical (unpaired) electrons. The lowest BCUT2D eigenvalue weighted by molar-refractivity contribution is -0.0348. The van der Waals surface area contributed by atoms with Crippen LogP contribution in [0.4, 0.5) is 11.5 Å². The summed E-state index contributed by atoms with van der Waals surface area (Å²) in [6.07, 6.45) is 3.65. The highest BCUT2D eigenvalue weighted by atomic mass is 16.5. The average Bonchev–Trinajstić information content (AvgIpc) is 2.80. The van der Waals surface area contributed by atoms with Crippen LogP contribution in [-0.4, -0.2) is 39.5 Å². The number of nitrogens with zero attached hydrogens (tertiary/aromatic N) is 4. The molecular formula is C25H25N5O. The van der Waals surface area contributed by atoms with E-state index in [1.54, 1.807) is 0 Å². The zero-order valence-corrected chi connectivity index (χ0v) is 17.5. The fourth-order valence-electron chi connectivity index (χ4n) is 4.00. The second kappa shape index (κ2) is 8.79. The van der Waals surface area contributed by atoms with E-state index >= 15 is 0 Å². The van der Waals surface area contributed by atoms with Crippen LogP contribution in [0.3, 0.4) is 0 Å². The number of benzene rings is 1. The van der Waals surface area contributed by atoms with Crippen LogP contribution in [0.5, 0.6) is 0 Å². The van der Waals surface area contributed by atoms with E-state index in [0.717, 1.165) is 48.0 Å². The number of anilines is 2. The summed E-state index contributed by atoms with van der Waals surface area (Å²) in [5, 5.41) is 4.52. The molecule has 4 heterocycles. The van der Waals surface area contributed by atoms with E-state index in [1.165, 1.54) is 10.9 Å². The van der Waals surface area contributed by atoms with Gasteiger partial charge in [0.15, 0.2) is 0 Å². The van der Waals surface area contributed by atoms with Crippen LogP contribution >= 0.6 is 0 Å².